The van der Waals surface area contributed by atoms with E-state index < -0.39 is 0 Å². The number of carbonyl (C=O) groups excluding carboxylic acids is 1. The van der Waals surface area contributed by atoms with E-state index in [4.69, 9.17) is 4.74 Å². The summed E-state index contributed by atoms with van der Waals surface area (Å²) in [6.45, 7) is 17.4. The molecule has 31 heavy (non-hydrogen) atoms. The molecule has 0 unspecified atom stereocenters. The molecule has 4 saturated carbocycles. The third-order valence-electron chi connectivity index (χ3n) is 12.4. The van der Waals surface area contributed by atoms with Gasteiger partial charge in [-0.25, -0.2) is 0 Å². The molecule has 1 saturated heterocycles. The minimum atomic E-state index is 0.0783. The van der Waals surface area contributed by atoms with E-state index in [0.29, 0.717) is 34.6 Å². The monoisotopic (exact) mass is 428 g/mol. The molecule has 1 aliphatic heterocycles. The summed E-state index contributed by atoms with van der Waals surface area (Å²) in [5, 5.41) is 0. The lowest BCUT2D eigenvalue weighted by Gasteiger charge is -2.63. The van der Waals surface area contributed by atoms with Gasteiger partial charge < -0.3 is 4.74 Å². The van der Waals surface area contributed by atoms with Crippen LogP contribution in [0.3, 0.4) is 0 Å². The molecule has 5 aliphatic rings. The maximum Gasteiger partial charge on any atom is 0.136 e. The molecule has 10 atom stereocenters. The number of rotatable bonds is 5. The van der Waals surface area contributed by atoms with Crippen LogP contribution in [0, 0.1) is 51.8 Å². The Morgan fingerprint density at radius 3 is 2.42 bits per heavy atom. The predicted octanol–water partition coefficient (Wildman–Crippen LogP) is 7.44. The van der Waals surface area contributed by atoms with Gasteiger partial charge in [-0.2, -0.15) is 0 Å². The fourth-order valence-electron chi connectivity index (χ4n) is 10.4. The predicted molar refractivity (Wildman–Crippen MR) is 127 cm³/mol. The summed E-state index contributed by atoms with van der Waals surface area (Å²) in [5.74, 6) is 4.48. The molecule has 176 valence electrons. The summed E-state index contributed by atoms with van der Waals surface area (Å²) < 4.78 is 6.92. The SMILES string of the molecule is CC(C)CCC[C@@H](C)[C@H]1CC[C@@]2(C)[C@@H]3CC[C@H]4[C@H](C)C(=O)CC[C@]4(C)[C@]34O[C@@H]4C[C@]12C. The summed E-state index contributed by atoms with van der Waals surface area (Å²) in [6, 6.07) is 0. The quantitative estimate of drug-likeness (QED) is 0.426. The van der Waals surface area contributed by atoms with Gasteiger partial charge in [-0.1, -0.05) is 67.7 Å². The van der Waals surface area contributed by atoms with Crippen molar-refractivity contribution in [3.63, 3.8) is 0 Å². The summed E-state index contributed by atoms with van der Waals surface area (Å²) in [7, 11) is 0. The Morgan fingerprint density at radius 1 is 0.968 bits per heavy atom. The number of hydrogen-bond donors (Lipinski definition) is 0. The Kier molecular flexibility index (Phi) is 5.11. The van der Waals surface area contributed by atoms with Crippen LogP contribution >= 0.6 is 0 Å². The van der Waals surface area contributed by atoms with Crippen LogP contribution in [0.1, 0.15) is 113 Å². The van der Waals surface area contributed by atoms with E-state index in [0.717, 1.165) is 30.6 Å². The molecule has 0 aromatic heterocycles. The number of ketones is 1. The van der Waals surface area contributed by atoms with Crippen molar-refractivity contribution in [3.05, 3.63) is 0 Å². The number of carbonyl (C=O) groups is 1. The zero-order valence-electron chi connectivity index (χ0n) is 21.4. The first kappa shape index (κ1) is 22.4. The van der Waals surface area contributed by atoms with Crippen LogP contribution in [0.25, 0.3) is 0 Å². The van der Waals surface area contributed by atoms with Crippen molar-refractivity contribution < 1.29 is 9.53 Å². The molecule has 1 heterocycles. The molecule has 0 radical (unpaired) electrons. The van der Waals surface area contributed by atoms with Crippen LogP contribution in [-0.4, -0.2) is 17.5 Å². The number of hydrogen-bond acceptors (Lipinski definition) is 2. The minimum Gasteiger partial charge on any atom is -0.365 e. The largest absolute Gasteiger partial charge is 0.365 e. The number of Topliss-reactive ketones (excluding diaryl/α,β-unsaturated/α-hetero) is 1. The van der Waals surface area contributed by atoms with Gasteiger partial charge in [-0.05, 0) is 78.9 Å². The maximum atomic E-state index is 12.6. The van der Waals surface area contributed by atoms with Crippen LogP contribution in [0.15, 0.2) is 0 Å². The molecule has 2 nitrogen and oxygen atoms in total. The molecular formula is C29H48O2. The van der Waals surface area contributed by atoms with Gasteiger partial charge in [0.2, 0.25) is 0 Å². The zero-order chi connectivity index (χ0) is 22.4. The highest BCUT2D eigenvalue weighted by molar-refractivity contribution is 5.82. The molecule has 5 fully saturated rings. The van der Waals surface area contributed by atoms with Crippen LogP contribution in [0.4, 0.5) is 0 Å². The first-order valence-electron chi connectivity index (χ1n) is 13.7. The van der Waals surface area contributed by atoms with E-state index in [9.17, 15) is 4.79 Å². The van der Waals surface area contributed by atoms with Crippen molar-refractivity contribution in [1.82, 2.24) is 0 Å². The first-order chi connectivity index (χ1) is 14.5. The zero-order valence-corrected chi connectivity index (χ0v) is 21.4. The second kappa shape index (κ2) is 7.07. The van der Waals surface area contributed by atoms with Crippen LogP contribution in [0.2, 0.25) is 0 Å². The van der Waals surface area contributed by atoms with Crippen molar-refractivity contribution in [2.24, 2.45) is 51.8 Å². The van der Waals surface area contributed by atoms with Gasteiger partial charge in [0.1, 0.15) is 11.4 Å². The van der Waals surface area contributed by atoms with E-state index in [1.807, 2.05) is 0 Å². The first-order valence-corrected chi connectivity index (χ1v) is 13.7. The average Bonchev–Trinajstić information content (AvgIpc) is 3.33. The number of ether oxygens (including phenoxy) is 1. The normalized spacial score (nSPS) is 54.1. The molecule has 2 heteroatoms. The Bertz CT molecular complexity index is 743. The van der Waals surface area contributed by atoms with Gasteiger partial charge in [0.15, 0.2) is 0 Å². The van der Waals surface area contributed by atoms with Crippen LogP contribution in [0.5, 0.6) is 0 Å². The topological polar surface area (TPSA) is 29.6 Å². The molecule has 1 spiro atoms. The van der Waals surface area contributed by atoms with Crippen molar-refractivity contribution in [1.29, 1.82) is 0 Å². The Hall–Kier alpha value is -0.370. The molecule has 5 rings (SSSR count). The van der Waals surface area contributed by atoms with E-state index in [2.05, 4.69) is 48.5 Å². The smallest absolute Gasteiger partial charge is 0.136 e. The van der Waals surface area contributed by atoms with Gasteiger partial charge in [0, 0.05) is 17.8 Å². The summed E-state index contributed by atoms with van der Waals surface area (Å²) in [4.78, 5) is 12.6. The highest BCUT2D eigenvalue weighted by Gasteiger charge is 2.82. The highest BCUT2D eigenvalue weighted by Crippen LogP contribution is 2.80. The maximum absolute atomic E-state index is 12.6. The Balaban J connectivity index is 1.42. The Morgan fingerprint density at radius 2 is 1.71 bits per heavy atom. The van der Waals surface area contributed by atoms with E-state index >= 15 is 0 Å². The van der Waals surface area contributed by atoms with Gasteiger partial charge in [-0.15, -0.1) is 0 Å². The molecule has 0 aromatic carbocycles. The third-order valence-corrected chi connectivity index (χ3v) is 12.4. The van der Waals surface area contributed by atoms with E-state index in [1.165, 1.54) is 51.4 Å². The van der Waals surface area contributed by atoms with Gasteiger partial charge in [0.05, 0.1) is 6.10 Å². The Labute approximate surface area is 191 Å². The lowest BCUT2D eigenvalue weighted by Crippen LogP contribution is -2.64. The summed E-state index contributed by atoms with van der Waals surface area (Å²) in [5.41, 5.74) is 1.10. The van der Waals surface area contributed by atoms with Gasteiger partial charge in [0.25, 0.3) is 0 Å². The molecule has 0 N–H and O–H groups in total. The van der Waals surface area contributed by atoms with Gasteiger partial charge >= 0.3 is 0 Å². The fourth-order valence-corrected chi connectivity index (χ4v) is 10.4. The number of fused-ring (bicyclic) bond motifs is 3. The van der Waals surface area contributed by atoms with Crippen molar-refractivity contribution in [2.45, 2.75) is 124 Å². The summed E-state index contributed by atoms with van der Waals surface area (Å²) in [6.07, 6.45) is 13.1. The van der Waals surface area contributed by atoms with Crippen molar-refractivity contribution in [3.8, 4) is 0 Å². The lowest BCUT2D eigenvalue weighted by molar-refractivity contribution is -0.162. The van der Waals surface area contributed by atoms with E-state index in [1.54, 1.807) is 0 Å². The number of epoxide rings is 1. The van der Waals surface area contributed by atoms with Gasteiger partial charge in [-0.3, -0.25) is 4.79 Å². The van der Waals surface area contributed by atoms with E-state index in [-0.39, 0.29) is 16.9 Å². The molecule has 0 aromatic rings. The lowest BCUT2D eigenvalue weighted by atomic mass is 9.39. The fraction of sp³-hybridized carbons (Fsp3) is 0.966. The molecule has 4 aliphatic carbocycles. The molecule has 0 amide bonds. The highest BCUT2D eigenvalue weighted by atomic mass is 16.6. The minimum absolute atomic E-state index is 0.0783. The third kappa shape index (κ3) is 2.75. The van der Waals surface area contributed by atoms with Crippen molar-refractivity contribution >= 4 is 5.78 Å². The van der Waals surface area contributed by atoms with Crippen LogP contribution in [-0.2, 0) is 9.53 Å². The second-order valence-electron chi connectivity index (χ2n) is 13.8. The second-order valence-corrected chi connectivity index (χ2v) is 13.8. The van der Waals surface area contributed by atoms with Crippen molar-refractivity contribution in [2.75, 3.05) is 0 Å². The average molecular weight is 429 g/mol. The molecule has 0 bridgehead atoms. The standard InChI is InChI=1S/C29H48O2/c1-18(2)9-8-10-19(3)21-13-15-27(6)24-12-11-22-20(4)23(30)14-16-26(22,5)29(24)25(31-29)17-28(21,27)7/h18-22,24-25H,8-17H2,1-7H3/t19-,20+,21-,22+,24+,25-,26+,27+,28-,29+/m1/s1. The van der Waals surface area contributed by atoms with Crippen LogP contribution < -0.4 is 0 Å². The molecular weight excluding hydrogens is 380 g/mol. The summed E-state index contributed by atoms with van der Waals surface area (Å²) >= 11 is 0.